The summed E-state index contributed by atoms with van der Waals surface area (Å²) in [6.45, 7) is 0.184. The first-order valence-corrected chi connectivity index (χ1v) is 8.99. The van der Waals surface area contributed by atoms with Gasteiger partial charge in [-0.05, 0) is 24.3 Å². The van der Waals surface area contributed by atoms with Crippen LogP contribution >= 0.6 is 23.2 Å². The first-order valence-electron chi connectivity index (χ1n) is 8.23. The average Bonchev–Trinajstić information content (AvgIpc) is 3.38. The molecule has 0 radical (unpaired) electrons. The zero-order chi connectivity index (χ0) is 19.3. The van der Waals surface area contributed by atoms with Crippen molar-refractivity contribution in [2.75, 3.05) is 0 Å². The molecule has 28 heavy (non-hydrogen) atoms. The molecule has 0 spiro atoms. The summed E-state index contributed by atoms with van der Waals surface area (Å²) in [6, 6.07) is 6.87. The van der Waals surface area contributed by atoms with Gasteiger partial charge in [-0.15, -0.1) is 5.10 Å². The molecule has 11 heteroatoms. The summed E-state index contributed by atoms with van der Waals surface area (Å²) >= 11 is 12.0. The number of fused-ring (bicyclic) bond motifs is 3. The summed E-state index contributed by atoms with van der Waals surface area (Å²) in [4.78, 5) is 8.94. The predicted octanol–water partition coefficient (Wildman–Crippen LogP) is 3.22. The third kappa shape index (κ3) is 2.85. The van der Waals surface area contributed by atoms with Crippen LogP contribution in [0, 0.1) is 0 Å². The van der Waals surface area contributed by atoms with Crippen molar-refractivity contribution in [3.63, 3.8) is 0 Å². The van der Waals surface area contributed by atoms with E-state index >= 15 is 0 Å². The van der Waals surface area contributed by atoms with E-state index in [0.717, 1.165) is 11.0 Å². The average molecular weight is 415 g/mol. The van der Waals surface area contributed by atoms with Gasteiger partial charge in [0.1, 0.15) is 17.8 Å². The van der Waals surface area contributed by atoms with Crippen LogP contribution in [-0.4, -0.2) is 39.1 Å². The highest BCUT2D eigenvalue weighted by atomic mass is 35.5. The minimum absolute atomic E-state index is 0.184. The minimum Gasteiger partial charge on any atom is -0.470 e. The van der Waals surface area contributed by atoms with E-state index in [-0.39, 0.29) is 6.73 Å². The lowest BCUT2D eigenvalue weighted by Gasteiger charge is -2.07. The van der Waals surface area contributed by atoms with Gasteiger partial charge in [-0.1, -0.05) is 23.2 Å². The van der Waals surface area contributed by atoms with Crippen molar-refractivity contribution in [1.29, 1.82) is 0 Å². The van der Waals surface area contributed by atoms with Crippen molar-refractivity contribution < 1.29 is 4.74 Å². The Bertz CT molecular complexity index is 1320. The van der Waals surface area contributed by atoms with Crippen LogP contribution in [0.4, 0.5) is 0 Å². The molecule has 140 valence electrons. The molecule has 0 saturated heterocycles. The van der Waals surface area contributed by atoms with Crippen molar-refractivity contribution in [3.8, 4) is 17.3 Å². The summed E-state index contributed by atoms with van der Waals surface area (Å²) in [7, 11) is 1.83. The number of hydrogen-bond donors (Lipinski definition) is 0. The third-order valence-electron chi connectivity index (χ3n) is 4.19. The topological polar surface area (TPSA) is 88.0 Å². The Labute approximate surface area is 168 Å². The molecule has 0 N–H and O–H groups in total. The number of hydrogen-bond acceptors (Lipinski definition) is 6. The van der Waals surface area contributed by atoms with E-state index in [2.05, 4.69) is 25.3 Å². The van der Waals surface area contributed by atoms with Crippen LogP contribution in [0.5, 0.6) is 5.75 Å². The quantitative estimate of drug-likeness (QED) is 0.448. The van der Waals surface area contributed by atoms with Gasteiger partial charge in [0.15, 0.2) is 18.0 Å². The summed E-state index contributed by atoms with van der Waals surface area (Å²) in [5.74, 6) is 1.01. The molecule has 5 rings (SSSR count). The predicted molar refractivity (Wildman–Crippen MR) is 103 cm³/mol. The van der Waals surface area contributed by atoms with Crippen LogP contribution in [0.1, 0.15) is 0 Å². The first kappa shape index (κ1) is 17.0. The van der Waals surface area contributed by atoms with Gasteiger partial charge >= 0.3 is 0 Å². The van der Waals surface area contributed by atoms with E-state index < -0.39 is 0 Å². The van der Waals surface area contributed by atoms with Crippen LogP contribution in [0.2, 0.25) is 10.0 Å². The molecule has 0 amide bonds. The van der Waals surface area contributed by atoms with E-state index in [4.69, 9.17) is 27.9 Å². The van der Waals surface area contributed by atoms with Gasteiger partial charge in [0, 0.05) is 18.3 Å². The Hall–Kier alpha value is -3.17. The lowest BCUT2D eigenvalue weighted by atomic mass is 10.3. The standard InChI is InChI=1S/C17H12Cl2N8O/c1-25-16-11(7-21-25)17-22-15(24-27(17)8-20-16)13-4-5-26(23-13)9-28-14-3-2-10(18)6-12(14)19/h2-8H,9H2,1H3. The molecular weight excluding hydrogens is 403 g/mol. The molecule has 4 aromatic heterocycles. The molecule has 0 aliphatic carbocycles. The van der Waals surface area contributed by atoms with E-state index in [1.54, 1.807) is 50.8 Å². The van der Waals surface area contributed by atoms with Gasteiger partial charge in [0.05, 0.1) is 16.6 Å². The van der Waals surface area contributed by atoms with Gasteiger partial charge in [0.2, 0.25) is 5.82 Å². The number of aromatic nitrogens is 8. The van der Waals surface area contributed by atoms with Crippen molar-refractivity contribution >= 4 is 39.9 Å². The SMILES string of the molecule is Cn1ncc2c1ncn1nc(-c3ccn(COc4ccc(Cl)cc4Cl)n3)nc21. The zero-order valence-electron chi connectivity index (χ0n) is 14.5. The third-order valence-corrected chi connectivity index (χ3v) is 4.72. The van der Waals surface area contributed by atoms with Crippen LogP contribution in [0.25, 0.3) is 28.2 Å². The second-order valence-electron chi connectivity index (χ2n) is 6.04. The summed E-state index contributed by atoms with van der Waals surface area (Å²) in [6.07, 6.45) is 5.11. The van der Waals surface area contributed by atoms with E-state index in [0.29, 0.717) is 33.0 Å². The van der Waals surface area contributed by atoms with Crippen LogP contribution < -0.4 is 4.74 Å². The molecule has 5 aromatic rings. The highest BCUT2D eigenvalue weighted by Gasteiger charge is 2.14. The number of nitrogens with zero attached hydrogens (tertiary/aromatic N) is 8. The van der Waals surface area contributed by atoms with Crippen molar-refractivity contribution in [3.05, 3.63) is 53.0 Å². The van der Waals surface area contributed by atoms with Gasteiger partial charge in [-0.25, -0.2) is 19.2 Å². The van der Waals surface area contributed by atoms with Crippen LogP contribution in [0.15, 0.2) is 43.0 Å². The minimum atomic E-state index is 0.184. The molecule has 0 fully saturated rings. The Kier molecular flexibility index (Phi) is 3.92. The van der Waals surface area contributed by atoms with Crippen molar-refractivity contribution in [1.82, 2.24) is 39.1 Å². The zero-order valence-corrected chi connectivity index (χ0v) is 16.0. The number of rotatable bonds is 4. The van der Waals surface area contributed by atoms with Gasteiger partial charge in [-0.3, -0.25) is 4.68 Å². The Balaban J connectivity index is 1.41. The maximum atomic E-state index is 6.12. The lowest BCUT2D eigenvalue weighted by molar-refractivity contribution is 0.221. The Morgan fingerprint density at radius 1 is 1.11 bits per heavy atom. The Morgan fingerprint density at radius 2 is 2.00 bits per heavy atom. The summed E-state index contributed by atoms with van der Waals surface area (Å²) in [5, 5.41) is 14.9. The molecule has 0 bridgehead atoms. The van der Waals surface area contributed by atoms with E-state index in [1.807, 2.05) is 13.1 Å². The van der Waals surface area contributed by atoms with Crippen LogP contribution in [-0.2, 0) is 13.8 Å². The second-order valence-corrected chi connectivity index (χ2v) is 6.89. The monoisotopic (exact) mass is 414 g/mol. The first-order chi connectivity index (χ1) is 13.6. The lowest BCUT2D eigenvalue weighted by Crippen LogP contribution is -2.06. The maximum absolute atomic E-state index is 6.12. The van der Waals surface area contributed by atoms with Crippen molar-refractivity contribution in [2.24, 2.45) is 7.05 Å². The smallest absolute Gasteiger partial charge is 0.202 e. The number of benzene rings is 1. The maximum Gasteiger partial charge on any atom is 0.202 e. The molecule has 0 unspecified atom stereocenters. The molecule has 0 atom stereocenters. The van der Waals surface area contributed by atoms with E-state index in [1.165, 1.54) is 0 Å². The highest BCUT2D eigenvalue weighted by molar-refractivity contribution is 6.35. The number of halogens is 2. The van der Waals surface area contributed by atoms with Gasteiger partial charge < -0.3 is 4.74 Å². The highest BCUT2D eigenvalue weighted by Crippen LogP contribution is 2.27. The van der Waals surface area contributed by atoms with Crippen molar-refractivity contribution in [2.45, 2.75) is 6.73 Å². The van der Waals surface area contributed by atoms with E-state index in [9.17, 15) is 0 Å². The molecule has 1 aromatic carbocycles. The summed E-state index contributed by atoms with van der Waals surface area (Å²) in [5.41, 5.74) is 2.03. The summed E-state index contributed by atoms with van der Waals surface area (Å²) < 4.78 is 10.6. The fourth-order valence-electron chi connectivity index (χ4n) is 2.83. The molecule has 4 heterocycles. The largest absolute Gasteiger partial charge is 0.470 e. The number of ether oxygens (including phenoxy) is 1. The normalized spacial score (nSPS) is 11.5. The number of aryl methyl sites for hydroxylation is 1. The fraction of sp³-hybridized carbons (Fsp3) is 0.118. The molecular formula is C17H12Cl2N8O. The molecule has 9 nitrogen and oxygen atoms in total. The molecule has 0 saturated carbocycles. The second kappa shape index (κ2) is 6.47. The molecule has 0 aliphatic heterocycles. The Morgan fingerprint density at radius 3 is 2.86 bits per heavy atom. The van der Waals surface area contributed by atoms with Gasteiger partial charge in [-0.2, -0.15) is 10.2 Å². The molecule has 0 aliphatic rings. The van der Waals surface area contributed by atoms with Crippen LogP contribution in [0.3, 0.4) is 0 Å². The fourth-order valence-corrected chi connectivity index (χ4v) is 3.29. The van der Waals surface area contributed by atoms with Gasteiger partial charge in [0.25, 0.3) is 0 Å².